The average Bonchev–Trinajstić information content (AvgIpc) is 3.12. The van der Waals surface area contributed by atoms with Gasteiger partial charge in [0.1, 0.15) is 0 Å². The predicted octanol–water partition coefficient (Wildman–Crippen LogP) is 3.72. The lowest BCUT2D eigenvalue weighted by Gasteiger charge is -2.19. The third kappa shape index (κ3) is 2.97. The Morgan fingerprint density at radius 2 is 2.04 bits per heavy atom. The van der Waals surface area contributed by atoms with E-state index in [0.717, 1.165) is 39.9 Å². The van der Waals surface area contributed by atoms with Crippen molar-refractivity contribution in [1.82, 2.24) is 19.7 Å². The normalized spacial score (nSPS) is 13.6. The minimum atomic E-state index is -0.525. The summed E-state index contributed by atoms with van der Waals surface area (Å²) >= 11 is 1.47. The van der Waals surface area contributed by atoms with Crippen molar-refractivity contribution in [2.24, 2.45) is 5.73 Å². The highest BCUT2D eigenvalue weighted by atomic mass is 32.1. The number of thiazole rings is 1. The number of benzene rings is 1. The predicted molar refractivity (Wildman–Crippen MR) is 109 cm³/mol. The minimum absolute atomic E-state index is 0.295. The molecule has 4 aromatic rings. The summed E-state index contributed by atoms with van der Waals surface area (Å²) in [5.74, 6) is -0.525. The second-order valence-electron chi connectivity index (χ2n) is 6.70. The molecule has 0 atom stereocenters. The molecule has 0 saturated heterocycles. The van der Waals surface area contributed by atoms with Gasteiger partial charge in [0, 0.05) is 12.2 Å². The van der Waals surface area contributed by atoms with E-state index in [2.05, 4.69) is 20.0 Å². The lowest BCUT2D eigenvalue weighted by molar-refractivity contribution is 0.0997. The molecule has 28 heavy (non-hydrogen) atoms. The number of nitrogens with one attached hydrogen (secondary N) is 1. The summed E-state index contributed by atoms with van der Waals surface area (Å²) in [6.45, 7) is 0. The van der Waals surface area contributed by atoms with Gasteiger partial charge in [0.15, 0.2) is 10.8 Å². The number of aromatic nitrogens is 4. The maximum Gasteiger partial charge on any atom is 0.268 e. The number of primary amides is 1. The van der Waals surface area contributed by atoms with E-state index in [4.69, 9.17) is 5.73 Å². The number of H-pyrrole nitrogens is 1. The molecule has 7 nitrogen and oxygen atoms in total. The number of aromatic amines is 1. The molecule has 1 aliphatic rings. The average molecular weight is 390 g/mol. The van der Waals surface area contributed by atoms with Crippen LogP contribution in [0.4, 0.5) is 10.8 Å². The number of hydrogen-bond acceptors (Lipinski definition) is 5. The molecule has 0 unspecified atom stereocenters. The summed E-state index contributed by atoms with van der Waals surface area (Å²) in [5.41, 5.74) is 8.68. The molecule has 3 N–H and O–H groups in total. The maximum absolute atomic E-state index is 12.0. The topological polar surface area (TPSA) is 92.8 Å². The van der Waals surface area contributed by atoms with Crippen LogP contribution in [0.25, 0.3) is 16.3 Å². The molecule has 0 bridgehead atoms. The zero-order valence-electron chi connectivity index (χ0n) is 14.9. The fourth-order valence-corrected chi connectivity index (χ4v) is 4.35. The first-order valence-corrected chi connectivity index (χ1v) is 9.86. The Labute approximate surface area is 165 Å². The zero-order chi connectivity index (χ0) is 19.1. The van der Waals surface area contributed by atoms with E-state index < -0.39 is 5.91 Å². The number of amides is 1. The van der Waals surface area contributed by atoms with Gasteiger partial charge in [-0.2, -0.15) is 5.10 Å². The zero-order valence-corrected chi connectivity index (χ0v) is 15.8. The molecule has 1 aliphatic carbocycles. The van der Waals surface area contributed by atoms with Crippen LogP contribution in [0.3, 0.4) is 0 Å². The minimum Gasteiger partial charge on any atom is -0.364 e. The van der Waals surface area contributed by atoms with Gasteiger partial charge in [0.2, 0.25) is 0 Å². The Bertz CT molecular complexity index is 1110. The van der Waals surface area contributed by atoms with Crippen LogP contribution in [0.5, 0.6) is 0 Å². The molecule has 1 aromatic carbocycles. The summed E-state index contributed by atoms with van der Waals surface area (Å²) in [4.78, 5) is 22.6. The van der Waals surface area contributed by atoms with Crippen LogP contribution < -0.4 is 10.6 Å². The third-order valence-electron chi connectivity index (χ3n) is 4.68. The first-order valence-electron chi connectivity index (χ1n) is 9.04. The Morgan fingerprint density at radius 1 is 1.21 bits per heavy atom. The van der Waals surface area contributed by atoms with E-state index in [9.17, 15) is 4.79 Å². The van der Waals surface area contributed by atoms with Crippen LogP contribution in [0.1, 0.15) is 23.3 Å². The standard InChI is InChI=1S/C20H18N6OS/c21-19(27)17-18(16-7-4-10-22-16)28-20(24-17)26(14-8-9-14)15-11-23-25(12-15)13-5-2-1-3-6-13/h1-7,10-12,14,22H,8-9H2,(H2,21,27). The van der Waals surface area contributed by atoms with Crippen LogP contribution in [0.2, 0.25) is 0 Å². The van der Waals surface area contributed by atoms with Crippen molar-refractivity contribution in [2.75, 3.05) is 4.90 Å². The van der Waals surface area contributed by atoms with Crippen molar-refractivity contribution in [3.63, 3.8) is 0 Å². The van der Waals surface area contributed by atoms with Crippen LogP contribution >= 0.6 is 11.3 Å². The number of hydrogen-bond donors (Lipinski definition) is 2. The lowest BCUT2D eigenvalue weighted by atomic mass is 10.3. The number of para-hydroxylation sites is 1. The number of carbonyl (C=O) groups excluding carboxylic acids is 1. The number of rotatable bonds is 6. The van der Waals surface area contributed by atoms with Gasteiger partial charge in [-0.3, -0.25) is 4.79 Å². The highest BCUT2D eigenvalue weighted by molar-refractivity contribution is 7.19. The van der Waals surface area contributed by atoms with E-state index in [-0.39, 0.29) is 0 Å². The van der Waals surface area contributed by atoms with E-state index >= 15 is 0 Å². The molecule has 5 rings (SSSR count). The van der Waals surface area contributed by atoms with Crippen LogP contribution in [-0.4, -0.2) is 31.7 Å². The van der Waals surface area contributed by atoms with E-state index in [0.29, 0.717) is 11.7 Å². The van der Waals surface area contributed by atoms with Crippen molar-refractivity contribution >= 4 is 28.1 Å². The Kier molecular flexibility index (Phi) is 3.98. The first-order chi connectivity index (χ1) is 13.7. The number of anilines is 2. The maximum atomic E-state index is 12.0. The molecule has 0 radical (unpaired) electrons. The van der Waals surface area contributed by atoms with Crippen LogP contribution in [0.15, 0.2) is 61.1 Å². The Morgan fingerprint density at radius 3 is 2.71 bits per heavy atom. The van der Waals surface area contributed by atoms with Crippen LogP contribution in [0, 0.1) is 0 Å². The summed E-state index contributed by atoms with van der Waals surface area (Å²) in [5, 5.41) is 5.27. The van der Waals surface area contributed by atoms with E-state index in [1.165, 1.54) is 11.3 Å². The Hall–Kier alpha value is -3.39. The summed E-state index contributed by atoms with van der Waals surface area (Å²) in [7, 11) is 0. The van der Waals surface area contributed by atoms with Crippen molar-refractivity contribution in [2.45, 2.75) is 18.9 Å². The first kappa shape index (κ1) is 16.8. The van der Waals surface area contributed by atoms with Gasteiger partial charge < -0.3 is 15.6 Å². The van der Waals surface area contributed by atoms with Gasteiger partial charge in [-0.15, -0.1) is 0 Å². The molecule has 3 aromatic heterocycles. The molecule has 1 saturated carbocycles. The van der Waals surface area contributed by atoms with Crippen LogP contribution in [-0.2, 0) is 0 Å². The van der Waals surface area contributed by atoms with Crippen molar-refractivity contribution in [1.29, 1.82) is 0 Å². The van der Waals surface area contributed by atoms with E-state index in [1.54, 1.807) is 0 Å². The highest BCUT2D eigenvalue weighted by Crippen LogP contribution is 2.43. The third-order valence-corrected chi connectivity index (χ3v) is 5.77. The fraction of sp³-hybridized carbons (Fsp3) is 0.150. The van der Waals surface area contributed by atoms with Gasteiger partial charge in [-0.25, -0.2) is 9.67 Å². The van der Waals surface area contributed by atoms with Gasteiger partial charge in [-0.1, -0.05) is 29.5 Å². The summed E-state index contributed by atoms with van der Waals surface area (Å²) in [6.07, 6.45) is 7.82. The molecule has 0 aliphatic heterocycles. The van der Waals surface area contributed by atoms with Crippen molar-refractivity contribution in [3.8, 4) is 16.3 Å². The fourth-order valence-electron chi connectivity index (χ4n) is 3.20. The number of carbonyl (C=O) groups is 1. The van der Waals surface area contributed by atoms with Gasteiger partial charge in [0.25, 0.3) is 5.91 Å². The second-order valence-corrected chi connectivity index (χ2v) is 7.68. The SMILES string of the molecule is NC(=O)c1nc(N(c2cnn(-c3ccccc3)c2)C2CC2)sc1-c1ccc[nH]1. The second kappa shape index (κ2) is 6.65. The number of nitrogens with two attached hydrogens (primary N) is 1. The molecular formula is C20H18N6OS. The van der Waals surface area contributed by atoms with Crippen molar-refractivity contribution in [3.05, 3.63) is 66.7 Å². The van der Waals surface area contributed by atoms with Gasteiger partial charge in [-0.05, 0) is 37.1 Å². The Balaban J connectivity index is 1.56. The van der Waals surface area contributed by atoms with Crippen molar-refractivity contribution < 1.29 is 4.79 Å². The highest BCUT2D eigenvalue weighted by Gasteiger charge is 2.34. The molecule has 3 heterocycles. The molecule has 0 spiro atoms. The van der Waals surface area contributed by atoms with E-state index in [1.807, 2.05) is 65.7 Å². The molecule has 140 valence electrons. The smallest absolute Gasteiger partial charge is 0.268 e. The van der Waals surface area contributed by atoms with Gasteiger partial charge in [0.05, 0.1) is 34.3 Å². The molecule has 1 fully saturated rings. The largest absolute Gasteiger partial charge is 0.364 e. The number of nitrogens with zero attached hydrogens (tertiary/aromatic N) is 4. The monoisotopic (exact) mass is 390 g/mol. The molecule has 1 amide bonds. The molecule has 8 heteroatoms. The van der Waals surface area contributed by atoms with Gasteiger partial charge >= 0.3 is 0 Å². The summed E-state index contributed by atoms with van der Waals surface area (Å²) in [6, 6.07) is 14.1. The quantitative estimate of drug-likeness (QED) is 0.525. The summed E-state index contributed by atoms with van der Waals surface area (Å²) < 4.78 is 1.85. The molecular weight excluding hydrogens is 372 g/mol. The lowest BCUT2D eigenvalue weighted by Crippen LogP contribution is -2.19.